The van der Waals surface area contributed by atoms with Crippen LogP contribution >= 0.6 is 11.6 Å². The molecule has 2 unspecified atom stereocenters. The summed E-state index contributed by atoms with van der Waals surface area (Å²) in [6.45, 7) is 5.16. The number of esters is 1. The van der Waals surface area contributed by atoms with Crippen LogP contribution in [-0.4, -0.2) is 41.5 Å². The van der Waals surface area contributed by atoms with Gasteiger partial charge in [-0.05, 0) is 49.6 Å². The molecule has 2 heterocycles. The van der Waals surface area contributed by atoms with Gasteiger partial charge in [0.05, 0.1) is 28.3 Å². The quantitative estimate of drug-likeness (QED) is 0.246. The number of benzene rings is 2. The van der Waals surface area contributed by atoms with Crippen molar-refractivity contribution >= 4 is 40.7 Å². The predicted molar refractivity (Wildman–Crippen MR) is 151 cm³/mol. The van der Waals surface area contributed by atoms with Crippen LogP contribution in [0, 0.1) is 10.1 Å². The maximum atomic E-state index is 14.1. The molecule has 2 atom stereocenters. The molecule has 214 valence electrons. The molecule has 2 aromatic carbocycles. The number of hydrogen-bond donors (Lipinski definition) is 2. The van der Waals surface area contributed by atoms with Crippen molar-refractivity contribution < 1.29 is 28.8 Å². The molecule has 2 N–H and O–H groups in total. The Morgan fingerprint density at radius 3 is 2.49 bits per heavy atom. The number of ether oxygens (including phenoxy) is 2. The topological polar surface area (TPSA) is 149 Å². The van der Waals surface area contributed by atoms with E-state index in [-0.39, 0.29) is 39.9 Å². The zero-order chi connectivity index (χ0) is 29.8. The molecule has 2 aromatic rings. The molecular weight excluding hydrogens is 552 g/mol. The summed E-state index contributed by atoms with van der Waals surface area (Å²) in [4.78, 5) is 49.5. The van der Waals surface area contributed by atoms with Gasteiger partial charge in [-0.25, -0.2) is 10.2 Å². The fraction of sp³-hybridized carbons (Fsp3) is 0.310. The first-order chi connectivity index (χ1) is 19.5. The summed E-state index contributed by atoms with van der Waals surface area (Å²) in [6, 6.07) is 10.9. The summed E-state index contributed by atoms with van der Waals surface area (Å²) in [5, 5.41) is 19.0. The Hall–Kier alpha value is -4.51. The molecule has 0 spiro atoms. The lowest BCUT2D eigenvalue weighted by atomic mass is 9.77. The Labute approximate surface area is 241 Å². The van der Waals surface area contributed by atoms with Crippen LogP contribution < -0.4 is 15.5 Å². The van der Waals surface area contributed by atoms with E-state index in [0.29, 0.717) is 41.1 Å². The van der Waals surface area contributed by atoms with Gasteiger partial charge in [0.15, 0.2) is 6.10 Å². The molecule has 0 saturated carbocycles. The number of dihydropyridines is 1. The van der Waals surface area contributed by atoms with Crippen molar-refractivity contribution in [3.05, 3.63) is 91.3 Å². The lowest BCUT2D eigenvalue weighted by molar-refractivity contribution is -0.384. The summed E-state index contributed by atoms with van der Waals surface area (Å²) >= 11 is 6.54. The van der Waals surface area contributed by atoms with Crippen molar-refractivity contribution in [2.24, 2.45) is 5.10 Å². The maximum absolute atomic E-state index is 14.1. The molecule has 0 fully saturated rings. The Morgan fingerprint density at radius 2 is 1.88 bits per heavy atom. The van der Waals surface area contributed by atoms with Crippen LogP contribution in [0.1, 0.15) is 57.1 Å². The molecule has 2 aliphatic heterocycles. The van der Waals surface area contributed by atoms with E-state index in [0.717, 1.165) is 0 Å². The number of ketones is 1. The Morgan fingerprint density at radius 1 is 1.15 bits per heavy atom. The van der Waals surface area contributed by atoms with Crippen molar-refractivity contribution in [2.75, 3.05) is 7.11 Å². The van der Waals surface area contributed by atoms with Gasteiger partial charge in [-0.2, -0.15) is 5.10 Å². The van der Waals surface area contributed by atoms with Gasteiger partial charge < -0.3 is 14.8 Å². The number of hydrogen-bond acceptors (Lipinski definition) is 9. The molecule has 0 aliphatic carbocycles. The highest BCUT2D eigenvalue weighted by molar-refractivity contribution is 6.32. The van der Waals surface area contributed by atoms with Crippen LogP contribution in [0.3, 0.4) is 0 Å². The number of nitro benzene ring substituents is 1. The number of methoxy groups -OCH3 is 1. The second-order valence-corrected chi connectivity index (χ2v) is 10.0. The fourth-order valence-corrected chi connectivity index (χ4v) is 5.18. The molecule has 0 aromatic heterocycles. The van der Waals surface area contributed by atoms with Crippen LogP contribution in [0.2, 0.25) is 5.02 Å². The number of hydrazone groups is 1. The van der Waals surface area contributed by atoms with Crippen molar-refractivity contribution in [3.63, 3.8) is 0 Å². The highest BCUT2D eigenvalue weighted by Crippen LogP contribution is 2.41. The minimum absolute atomic E-state index is 0.158. The monoisotopic (exact) mass is 580 g/mol. The highest BCUT2D eigenvalue weighted by atomic mass is 35.5. The minimum atomic E-state index is -0.991. The zero-order valence-corrected chi connectivity index (χ0v) is 23.7. The number of amides is 1. The number of carbonyl (C=O) groups excluding carboxylic acids is 3. The zero-order valence-electron chi connectivity index (χ0n) is 22.9. The van der Waals surface area contributed by atoms with Crippen molar-refractivity contribution in [1.29, 1.82) is 0 Å². The highest BCUT2D eigenvalue weighted by Gasteiger charge is 2.40. The van der Waals surface area contributed by atoms with Crippen molar-refractivity contribution in [1.82, 2.24) is 10.7 Å². The second kappa shape index (κ2) is 12.3. The molecule has 0 radical (unpaired) electrons. The molecule has 0 bridgehead atoms. The fourth-order valence-electron chi connectivity index (χ4n) is 4.96. The molecule has 12 heteroatoms. The van der Waals surface area contributed by atoms with Crippen molar-refractivity contribution in [2.45, 2.75) is 52.1 Å². The first-order valence-electron chi connectivity index (χ1n) is 12.9. The van der Waals surface area contributed by atoms with E-state index >= 15 is 0 Å². The van der Waals surface area contributed by atoms with E-state index in [1.807, 2.05) is 0 Å². The summed E-state index contributed by atoms with van der Waals surface area (Å²) in [5.41, 5.74) is 5.40. The van der Waals surface area contributed by atoms with Gasteiger partial charge in [-0.3, -0.25) is 19.7 Å². The summed E-state index contributed by atoms with van der Waals surface area (Å²) in [5.74, 6) is -1.91. The number of nitrogens with zero attached hydrogens (tertiary/aromatic N) is 2. The van der Waals surface area contributed by atoms with E-state index in [1.165, 1.54) is 25.3 Å². The van der Waals surface area contributed by atoms with Crippen LogP contribution in [0.25, 0.3) is 0 Å². The number of halogens is 1. The number of nitro groups is 1. The van der Waals surface area contributed by atoms with Gasteiger partial charge in [0.2, 0.25) is 11.7 Å². The van der Waals surface area contributed by atoms with Gasteiger partial charge >= 0.3 is 5.97 Å². The Kier molecular flexibility index (Phi) is 8.87. The van der Waals surface area contributed by atoms with E-state index in [9.17, 15) is 24.5 Å². The van der Waals surface area contributed by atoms with Gasteiger partial charge in [0, 0.05) is 47.9 Å². The number of rotatable bonds is 9. The number of carbonyl (C=O) groups is 3. The summed E-state index contributed by atoms with van der Waals surface area (Å²) in [6.07, 6.45) is 0.0593. The molecule has 11 nitrogen and oxygen atoms in total. The third-order valence-electron chi connectivity index (χ3n) is 6.95. The molecular formula is C29H29ClN4O7. The summed E-state index contributed by atoms with van der Waals surface area (Å²) < 4.78 is 11.2. The molecule has 4 rings (SSSR count). The van der Waals surface area contributed by atoms with E-state index in [1.54, 1.807) is 45.0 Å². The van der Waals surface area contributed by atoms with E-state index < -0.39 is 28.7 Å². The van der Waals surface area contributed by atoms with Crippen molar-refractivity contribution in [3.8, 4) is 5.75 Å². The number of Topliss-reactive ketones (excluding diaryl/α,β-unsaturated/α-hetero) is 1. The third kappa shape index (κ3) is 6.14. The Bertz CT molecular complexity index is 1530. The molecule has 0 saturated heterocycles. The van der Waals surface area contributed by atoms with E-state index in [4.69, 9.17) is 21.1 Å². The largest absolute Gasteiger partial charge is 0.481 e. The Balaban J connectivity index is 1.71. The first kappa shape index (κ1) is 29.5. The first-order valence-corrected chi connectivity index (χ1v) is 13.3. The number of allylic oxidation sites excluding steroid dienone is 2. The second-order valence-electron chi connectivity index (χ2n) is 9.60. The SMILES string of the molecule is CCC(Oc1ccc(C2=NNC(=O)CC2)cc1Cl)C(=O)C1=C(C)NC(C)=C(C(=O)OC)C1c1cccc([N+](=O)[O-])c1. The average molecular weight is 581 g/mol. The lowest BCUT2D eigenvalue weighted by Crippen LogP contribution is -2.37. The number of non-ortho nitro benzene ring substituents is 1. The predicted octanol–water partition coefficient (Wildman–Crippen LogP) is 4.70. The molecule has 2 aliphatic rings. The standard InChI is InChI=1S/C29H29ClN4O7/c1-5-22(41-23-11-9-17(14-20(23)30)21-10-12-24(35)33-32-21)28(36)25-15(2)31-16(3)26(29(37)40-4)27(25)18-7-6-8-19(13-18)34(38)39/h6-9,11,13-14,22,27,31H,5,10,12H2,1-4H3,(H,33,35). The molecule has 1 amide bonds. The smallest absolute Gasteiger partial charge is 0.336 e. The van der Waals surface area contributed by atoms with Gasteiger partial charge in [0.1, 0.15) is 5.75 Å². The molecule has 41 heavy (non-hydrogen) atoms. The van der Waals surface area contributed by atoms with E-state index in [2.05, 4.69) is 15.8 Å². The van der Waals surface area contributed by atoms with Gasteiger partial charge in [0.25, 0.3) is 5.69 Å². The lowest BCUT2D eigenvalue weighted by Gasteiger charge is -2.32. The van der Waals surface area contributed by atoms with Gasteiger partial charge in [-0.15, -0.1) is 0 Å². The maximum Gasteiger partial charge on any atom is 0.336 e. The van der Waals surface area contributed by atoms with Crippen LogP contribution in [0.15, 0.2) is 70.1 Å². The number of nitrogens with one attached hydrogen (secondary N) is 2. The third-order valence-corrected chi connectivity index (χ3v) is 7.24. The van der Waals surface area contributed by atoms with Crippen LogP contribution in [0.5, 0.6) is 5.75 Å². The van der Waals surface area contributed by atoms with Crippen LogP contribution in [-0.2, 0) is 19.1 Å². The minimum Gasteiger partial charge on any atom is -0.481 e. The van der Waals surface area contributed by atoms with Gasteiger partial charge in [-0.1, -0.05) is 30.7 Å². The normalized spacial score (nSPS) is 17.7. The summed E-state index contributed by atoms with van der Waals surface area (Å²) in [7, 11) is 1.23. The van der Waals surface area contributed by atoms with Crippen LogP contribution in [0.4, 0.5) is 5.69 Å². The average Bonchev–Trinajstić information content (AvgIpc) is 2.96.